The van der Waals surface area contributed by atoms with Gasteiger partial charge in [0.15, 0.2) is 5.78 Å². The lowest BCUT2D eigenvalue weighted by atomic mass is 10.1. The van der Waals surface area contributed by atoms with Crippen molar-refractivity contribution in [3.8, 4) is 0 Å². The zero-order chi connectivity index (χ0) is 18.7. The molecule has 0 aliphatic carbocycles. The number of anilines is 1. The summed E-state index contributed by atoms with van der Waals surface area (Å²) in [5, 5.41) is 2.92. The summed E-state index contributed by atoms with van der Waals surface area (Å²) in [7, 11) is 0. The predicted octanol–water partition coefficient (Wildman–Crippen LogP) is 2.87. The molecule has 3 rings (SSSR count). The molecule has 0 bridgehead atoms. The van der Waals surface area contributed by atoms with Crippen molar-refractivity contribution in [1.82, 2.24) is 5.32 Å². The van der Waals surface area contributed by atoms with Crippen molar-refractivity contribution in [1.29, 1.82) is 0 Å². The molecule has 5 heteroatoms. The lowest BCUT2D eigenvalue weighted by molar-refractivity contribution is -0.126. The highest BCUT2D eigenvalue weighted by Gasteiger charge is 2.35. The fourth-order valence-corrected chi connectivity index (χ4v) is 3.16. The number of amides is 2. The lowest BCUT2D eigenvalue weighted by Crippen LogP contribution is -2.32. The number of rotatable bonds is 5. The van der Waals surface area contributed by atoms with Crippen LogP contribution >= 0.6 is 0 Å². The topological polar surface area (TPSA) is 66.5 Å². The SMILES string of the molecule is CC(=O)c1ccc(N2CC(C(=O)NCc3cccc(C)c3)CC2=O)cc1. The van der Waals surface area contributed by atoms with E-state index in [1.54, 1.807) is 29.2 Å². The fourth-order valence-electron chi connectivity index (χ4n) is 3.16. The third-order valence-electron chi connectivity index (χ3n) is 4.63. The number of hydrogen-bond donors (Lipinski definition) is 1. The van der Waals surface area contributed by atoms with Crippen molar-refractivity contribution >= 4 is 23.3 Å². The van der Waals surface area contributed by atoms with E-state index in [1.807, 2.05) is 31.2 Å². The molecule has 1 heterocycles. The molecule has 1 N–H and O–H groups in total. The average Bonchev–Trinajstić information content (AvgIpc) is 3.01. The number of aryl methyl sites for hydroxylation is 1. The maximum atomic E-state index is 12.4. The molecule has 2 amide bonds. The Labute approximate surface area is 153 Å². The molecule has 26 heavy (non-hydrogen) atoms. The third-order valence-corrected chi connectivity index (χ3v) is 4.63. The Bertz CT molecular complexity index is 843. The maximum Gasteiger partial charge on any atom is 0.227 e. The molecule has 1 aliphatic rings. The first-order chi connectivity index (χ1) is 12.4. The number of benzene rings is 2. The molecule has 1 fully saturated rings. The van der Waals surface area contributed by atoms with Crippen LogP contribution < -0.4 is 10.2 Å². The van der Waals surface area contributed by atoms with Gasteiger partial charge in [0, 0.05) is 30.8 Å². The average molecular weight is 350 g/mol. The first kappa shape index (κ1) is 17.9. The van der Waals surface area contributed by atoms with Crippen molar-refractivity contribution in [3.63, 3.8) is 0 Å². The number of ketones is 1. The number of hydrogen-bond acceptors (Lipinski definition) is 3. The molecule has 0 radical (unpaired) electrons. The number of carbonyl (C=O) groups is 3. The molecule has 1 unspecified atom stereocenters. The van der Waals surface area contributed by atoms with Gasteiger partial charge >= 0.3 is 0 Å². The van der Waals surface area contributed by atoms with Gasteiger partial charge in [-0.15, -0.1) is 0 Å². The summed E-state index contributed by atoms with van der Waals surface area (Å²) < 4.78 is 0. The smallest absolute Gasteiger partial charge is 0.227 e. The van der Waals surface area contributed by atoms with Gasteiger partial charge in [0.25, 0.3) is 0 Å². The second-order valence-electron chi connectivity index (χ2n) is 6.72. The highest BCUT2D eigenvalue weighted by atomic mass is 16.2. The van der Waals surface area contributed by atoms with Gasteiger partial charge in [-0.1, -0.05) is 29.8 Å². The minimum absolute atomic E-state index is 0.0160. The molecular weight excluding hydrogens is 328 g/mol. The van der Waals surface area contributed by atoms with Crippen LogP contribution in [0.2, 0.25) is 0 Å². The Kier molecular flexibility index (Phi) is 5.16. The number of nitrogens with zero attached hydrogens (tertiary/aromatic N) is 1. The summed E-state index contributed by atoms with van der Waals surface area (Å²) in [6.45, 7) is 4.33. The Morgan fingerprint density at radius 1 is 1.15 bits per heavy atom. The zero-order valence-electron chi connectivity index (χ0n) is 15.0. The first-order valence-corrected chi connectivity index (χ1v) is 8.68. The van der Waals surface area contributed by atoms with E-state index >= 15 is 0 Å². The standard InChI is InChI=1S/C21H22N2O3/c1-14-4-3-5-16(10-14)12-22-21(26)18-11-20(25)23(13-18)19-8-6-17(7-9-19)15(2)24/h3-10,18H,11-13H2,1-2H3,(H,22,26). The van der Waals surface area contributed by atoms with Gasteiger partial charge in [-0.25, -0.2) is 0 Å². The number of Topliss-reactive ketones (excluding diaryl/α,β-unsaturated/α-hetero) is 1. The molecule has 134 valence electrons. The monoisotopic (exact) mass is 350 g/mol. The van der Waals surface area contributed by atoms with E-state index in [1.165, 1.54) is 6.92 Å². The summed E-state index contributed by atoms with van der Waals surface area (Å²) in [5.74, 6) is -0.559. The van der Waals surface area contributed by atoms with Crippen molar-refractivity contribution < 1.29 is 14.4 Å². The van der Waals surface area contributed by atoms with E-state index in [-0.39, 0.29) is 29.9 Å². The minimum Gasteiger partial charge on any atom is -0.352 e. The van der Waals surface area contributed by atoms with Gasteiger partial charge in [0.2, 0.25) is 11.8 Å². The molecule has 0 aromatic heterocycles. The molecule has 1 aliphatic heterocycles. The number of nitrogens with one attached hydrogen (secondary N) is 1. The highest BCUT2D eigenvalue weighted by molar-refractivity contribution is 6.01. The Morgan fingerprint density at radius 3 is 2.54 bits per heavy atom. The van der Waals surface area contributed by atoms with Crippen molar-refractivity contribution in [2.45, 2.75) is 26.8 Å². The van der Waals surface area contributed by atoms with E-state index in [9.17, 15) is 14.4 Å². The summed E-state index contributed by atoms with van der Waals surface area (Å²) in [6, 6.07) is 14.9. The van der Waals surface area contributed by atoms with Gasteiger partial charge < -0.3 is 10.2 Å². The first-order valence-electron chi connectivity index (χ1n) is 8.68. The van der Waals surface area contributed by atoms with Crippen molar-refractivity contribution in [2.75, 3.05) is 11.4 Å². The second-order valence-corrected chi connectivity index (χ2v) is 6.72. The van der Waals surface area contributed by atoms with Gasteiger partial charge in [-0.05, 0) is 43.7 Å². The predicted molar refractivity (Wildman–Crippen MR) is 99.9 cm³/mol. The molecule has 2 aromatic rings. The van der Waals surface area contributed by atoms with Crippen LogP contribution in [0, 0.1) is 12.8 Å². The van der Waals surface area contributed by atoms with Crippen molar-refractivity contribution in [2.24, 2.45) is 5.92 Å². The van der Waals surface area contributed by atoms with E-state index in [0.717, 1.165) is 11.1 Å². The van der Waals surface area contributed by atoms with Crippen LogP contribution in [0.1, 0.15) is 34.8 Å². The minimum atomic E-state index is -0.361. The van der Waals surface area contributed by atoms with E-state index < -0.39 is 0 Å². The highest BCUT2D eigenvalue weighted by Crippen LogP contribution is 2.25. The van der Waals surface area contributed by atoms with E-state index in [4.69, 9.17) is 0 Å². The Hall–Kier alpha value is -2.95. The maximum absolute atomic E-state index is 12.4. The van der Waals surface area contributed by atoms with E-state index in [0.29, 0.717) is 24.3 Å². The van der Waals surface area contributed by atoms with Crippen LogP contribution in [0.25, 0.3) is 0 Å². The van der Waals surface area contributed by atoms with Crippen LogP contribution in [-0.2, 0) is 16.1 Å². The normalized spacial score (nSPS) is 16.6. The fraction of sp³-hybridized carbons (Fsp3) is 0.286. The molecule has 0 saturated carbocycles. The van der Waals surface area contributed by atoms with Gasteiger partial charge in [0.1, 0.15) is 0 Å². The summed E-state index contributed by atoms with van der Waals surface area (Å²) >= 11 is 0. The lowest BCUT2D eigenvalue weighted by Gasteiger charge is -2.17. The molecular formula is C21H22N2O3. The van der Waals surface area contributed by atoms with Gasteiger partial charge in [-0.2, -0.15) is 0 Å². The summed E-state index contributed by atoms with van der Waals surface area (Å²) in [5.41, 5.74) is 3.51. The quantitative estimate of drug-likeness (QED) is 0.843. The molecule has 1 atom stereocenters. The molecule has 2 aromatic carbocycles. The van der Waals surface area contributed by atoms with Gasteiger partial charge in [-0.3, -0.25) is 14.4 Å². The van der Waals surface area contributed by atoms with Crippen LogP contribution in [0.15, 0.2) is 48.5 Å². The zero-order valence-corrected chi connectivity index (χ0v) is 15.0. The summed E-state index contributed by atoms with van der Waals surface area (Å²) in [6.07, 6.45) is 0.202. The third kappa shape index (κ3) is 3.99. The Balaban J connectivity index is 1.61. The Morgan fingerprint density at radius 2 is 1.88 bits per heavy atom. The van der Waals surface area contributed by atoms with Crippen molar-refractivity contribution in [3.05, 3.63) is 65.2 Å². The van der Waals surface area contributed by atoms with E-state index in [2.05, 4.69) is 5.32 Å². The number of carbonyl (C=O) groups excluding carboxylic acids is 3. The largest absolute Gasteiger partial charge is 0.352 e. The molecule has 0 spiro atoms. The van der Waals surface area contributed by atoms with Crippen LogP contribution in [0.4, 0.5) is 5.69 Å². The second kappa shape index (κ2) is 7.52. The summed E-state index contributed by atoms with van der Waals surface area (Å²) in [4.78, 5) is 37.7. The molecule has 5 nitrogen and oxygen atoms in total. The van der Waals surface area contributed by atoms with Crippen LogP contribution in [-0.4, -0.2) is 24.1 Å². The van der Waals surface area contributed by atoms with Crippen LogP contribution in [0.5, 0.6) is 0 Å². The van der Waals surface area contributed by atoms with Crippen LogP contribution in [0.3, 0.4) is 0 Å². The molecule has 1 saturated heterocycles. The van der Waals surface area contributed by atoms with Gasteiger partial charge in [0.05, 0.1) is 5.92 Å².